The van der Waals surface area contributed by atoms with E-state index in [2.05, 4.69) is 25.3 Å². The number of aromatic nitrogens is 6. The highest BCUT2D eigenvalue weighted by atomic mass is 19.4. The Morgan fingerprint density at radius 1 is 1.05 bits per heavy atom. The van der Waals surface area contributed by atoms with Crippen molar-refractivity contribution in [2.45, 2.75) is 63.9 Å². The van der Waals surface area contributed by atoms with Crippen molar-refractivity contribution in [3.63, 3.8) is 0 Å². The van der Waals surface area contributed by atoms with Crippen LogP contribution >= 0.6 is 0 Å². The molecule has 2 N–H and O–H groups in total. The fraction of sp³-hybridized carbons (Fsp3) is 0.393. The van der Waals surface area contributed by atoms with Gasteiger partial charge >= 0.3 is 6.18 Å². The Bertz CT molecular complexity index is 1540. The van der Waals surface area contributed by atoms with Crippen molar-refractivity contribution in [3.05, 3.63) is 65.0 Å². The van der Waals surface area contributed by atoms with E-state index in [0.29, 0.717) is 58.2 Å². The zero-order chi connectivity index (χ0) is 28.0. The Morgan fingerprint density at radius 3 is 2.42 bits per heavy atom. The van der Waals surface area contributed by atoms with Crippen molar-refractivity contribution in [2.75, 3.05) is 12.4 Å². The van der Waals surface area contributed by atoms with E-state index >= 15 is 0 Å². The third-order valence-electron chi connectivity index (χ3n) is 7.23. The lowest BCUT2D eigenvalue weighted by Crippen LogP contribution is -2.10. The van der Waals surface area contributed by atoms with Crippen molar-refractivity contribution < 1.29 is 23.0 Å². The maximum atomic E-state index is 13.3. The van der Waals surface area contributed by atoms with Gasteiger partial charge < -0.3 is 19.7 Å². The summed E-state index contributed by atoms with van der Waals surface area (Å²) in [6, 6.07) is 7.29. The number of halogens is 3. The van der Waals surface area contributed by atoms with E-state index < -0.39 is 11.9 Å². The maximum Gasteiger partial charge on any atom is 0.434 e. The molecule has 6 rings (SSSR count). The molecule has 0 atom stereocenters. The summed E-state index contributed by atoms with van der Waals surface area (Å²) in [5, 5.41) is 13.3. The molecule has 9 nitrogen and oxygen atoms in total. The number of hydrogen-bond donors (Lipinski definition) is 2. The number of aryl methyl sites for hydroxylation is 1. The zero-order valence-corrected chi connectivity index (χ0v) is 22.0. The predicted octanol–water partition coefficient (Wildman–Crippen LogP) is 5.45. The number of aliphatic hydroxyl groups excluding tert-OH is 1. The highest BCUT2D eigenvalue weighted by Crippen LogP contribution is 2.45. The van der Waals surface area contributed by atoms with E-state index in [1.807, 2.05) is 12.1 Å². The van der Waals surface area contributed by atoms with Crippen molar-refractivity contribution in [1.82, 2.24) is 29.5 Å². The van der Waals surface area contributed by atoms with Gasteiger partial charge in [-0.1, -0.05) is 24.3 Å². The second kappa shape index (κ2) is 10.2. The van der Waals surface area contributed by atoms with Gasteiger partial charge in [0.15, 0.2) is 11.5 Å². The molecule has 0 saturated heterocycles. The van der Waals surface area contributed by atoms with E-state index in [9.17, 15) is 18.3 Å². The van der Waals surface area contributed by atoms with Gasteiger partial charge in [-0.15, -0.1) is 0 Å². The normalized spacial score (nSPS) is 15.3. The van der Waals surface area contributed by atoms with Crippen molar-refractivity contribution in [1.29, 1.82) is 0 Å². The third kappa shape index (κ3) is 5.10. The summed E-state index contributed by atoms with van der Waals surface area (Å²) in [6.07, 6.45) is 1.84. The number of hydrogen-bond acceptors (Lipinski definition) is 8. The monoisotopic (exact) mass is 551 g/mol. The largest absolute Gasteiger partial charge is 0.480 e. The molecule has 0 bridgehead atoms. The average Bonchev–Trinajstić information content (AvgIpc) is 3.89. The Balaban J connectivity index is 1.27. The molecule has 2 aliphatic carbocycles. The molecule has 0 radical (unpaired) electrons. The minimum absolute atomic E-state index is 0.0566. The number of imidazole rings is 1. The Labute approximate surface area is 228 Å². The number of anilines is 1. The second-order valence-electron chi connectivity index (χ2n) is 10.2. The standard InChI is InChI=1S/C28H28F3N7O2/c1-15-20(13-39)24(37-25(35-15)22-23(17-7-8-17)33-14-34-27(22)40-2)32-11-16-3-5-18(6-4-16)26-36-21(28(29,30)31)12-38(26)19-9-10-19/h3-6,12,14,17,19,39H,7-11,13H2,1-2H3,(H,32,35,37). The van der Waals surface area contributed by atoms with Gasteiger partial charge in [0, 0.05) is 41.5 Å². The molecule has 3 heterocycles. The number of nitrogens with one attached hydrogen (secondary N) is 1. The van der Waals surface area contributed by atoms with Gasteiger partial charge in [0.2, 0.25) is 5.88 Å². The van der Waals surface area contributed by atoms with Crippen LogP contribution in [0, 0.1) is 6.92 Å². The van der Waals surface area contributed by atoms with Gasteiger partial charge in [0.25, 0.3) is 0 Å². The first-order valence-corrected chi connectivity index (χ1v) is 13.1. The molecule has 0 unspecified atom stereocenters. The minimum atomic E-state index is -4.49. The number of alkyl halides is 3. The van der Waals surface area contributed by atoms with Gasteiger partial charge in [-0.25, -0.2) is 24.9 Å². The van der Waals surface area contributed by atoms with Crippen LogP contribution in [0.5, 0.6) is 5.88 Å². The van der Waals surface area contributed by atoms with Crippen LogP contribution in [0.25, 0.3) is 22.8 Å². The molecular weight excluding hydrogens is 523 g/mol. The van der Waals surface area contributed by atoms with Gasteiger partial charge in [-0.2, -0.15) is 13.2 Å². The van der Waals surface area contributed by atoms with Crippen LogP contribution in [0.4, 0.5) is 19.0 Å². The lowest BCUT2D eigenvalue weighted by Gasteiger charge is -2.16. The summed E-state index contributed by atoms with van der Waals surface area (Å²) in [7, 11) is 1.54. The van der Waals surface area contributed by atoms with E-state index in [-0.39, 0.29) is 12.6 Å². The molecule has 2 saturated carbocycles. The summed E-state index contributed by atoms with van der Waals surface area (Å²) in [5.41, 5.74) is 3.30. The van der Waals surface area contributed by atoms with E-state index in [0.717, 1.165) is 43.1 Å². The first-order chi connectivity index (χ1) is 19.3. The van der Waals surface area contributed by atoms with Crippen molar-refractivity contribution in [3.8, 4) is 28.7 Å². The van der Waals surface area contributed by atoms with Crippen molar-refractivity contribution in [2.24, 2.45) is 0 Å². The van der Waals surface area contributed by atoms with Crippen LogP contribution in [0.1, 0.15) is 65.9 Å². The minimum Gasteiger partial charge on any atom is -0.480 e. The number of methoxy groups -OCH3 is 1. The predicted molar refractivity (Wildman–Crippen MR) is 141 cm³/mol. The van der Waals surface area contributed by atoms with Crippen molar-refractivity contribution >= 4 is 5.82 Å². The Kier molecular flexibility index (Phi) is 6.65. The van der Waals surface area contributed by atoms with Gasteiger partial charge in [-0.05, 0) is 38.2 Å². The molecule has 0 spiro atoms. The lowest BCUT2D eigenvalue weighted by molar-refractivity contribution is -0.140. The number of nitrogens with zero attached hydrogens (tertiary/aromatic N) is 6. The van der Waals surface area contributed by atoms with Crippen LogP contribution in [0.3, 0.4) is 0 Å². The van der Waals surface area contributed by atoms with Gasteiger partial charge in [0.05, 0.1) is 19.4 Å². The fourth-order valence-corrected chi connectivity index (χ4v) is 4.79. The molecule has 208 valence electrons. The molecule has 4 aromatic rings. The summed E-state index contributed by atoms with van der Waals surface area (Å²) in [6.45, 7) is 1.92. The second-order valence-corrected chi connectivity index (χ2v) is 10.2. The molecular formula is C28H28F3N7O2. The summed E-state index contributed by atoms with van der Waals surface area (Å²) in [5.74, 6) is 1.91. The van der Waals surface area contributed by atoms with Crippen LogP contribution in [0.2, 0.25) is 0 Å². The first kappa shape index (κ1) is 26.2. The van der Waals surface area contributed by atoms with E-state index in [1.54, 1.807) is 30.7 Å². The van der Waals surface area contributed by atoms with Crippen LogP contribution in [0.15, 0.2) is 36.8 Å². The maximum absolute atomic E-state index is 13.3. The van der Waals surface area contributed by atoms with E-state index in [1.165, 1.54) is 6.33 Å². The number of aliphatic hydroxyl groups is 1. The SMILES string of the molecule is COc1ncnc(C2CC2)c1-c1nc(C)c(CO)c(NCc2ccc(-c3nc(C(F)(F)F)cn3C3CC3)cc2)n1. The highest BCUT2D eigenvalue weighted by Gasteiger charge is 2.37. The number of ether oxygens (including phenoxy) is 1. The van der Waals surface area contributed by atoms with Crippen LogP contribution in [-0.2, 0) is 19.3 Å². The molecule has 0 amide bonds. The first-order valence-electron chi connectivity index (χ1n) is 13.1. The number of rotatable bonds is 9. The topological polar surface area (TPSA) is 111 Å². The fourth-order valence-electron chi connectivity index (χ4n) is 4.79. The highest BCUT2D eigenvalue weighted by molar-refractivity contribution is 5.68. The zero-order valence-electron chi connectivity index (χ0n) is 22.0. The molecule has 1 aromatic carbocycles. The smallest absolute Gasteiger partial charge is 0.434 e. The van der Waals surface area contributed by atoms with E-state index in [4.69, 9.17) is 9.72 Å². The summed E-state index contributed by atoms with van der Waals surface area (Å²) in [4.78, 5) is 22.0. The molecule has 0 aliphatic heterocycles. The molecule has 2 fully saturated rings. The summed E-state index contributed by atoms with van der Waals surface area (Å²) < 4.78 is 47.1. The Morgan fingerprint density at radius 2 is 1.80 bits per heavy atom. The van der Waals surface area contributed by atoms with Crippen LogP contribution < -0.4 is 10.1 Å². The molecule has 2 aliphatic rings. The van der Waals surface area contributed by atoms with Gasteiger partial charge in [-0.3, -0.25) is 0 Å². The van der Waals surface area contributed by atoms with Crippen LogP contribution in [-0.4, -0.2) is 41.7 Å². The molecule has 12 heteroatoms. The summed E-state index contributed by atoms with van der Waals surface area (Å²) >= 11 is 0. The Hall–Kier alpha value is -4.06. The lowest BCUT2D eigenvalue weighted by atomic mass is 10.1. The third-order valence-corrected chi connectivity index (χ3v) is 7.23. The molecule has 40 heavy (non-hydrogen) atoms. The quantitative estimate of drug-likeness (QED) is 0.283. The molecule has 3 aromatic heterocycles. The number of benzene rings is 1. The average molecular weight is 552 g/mol. The van der Waals surface area contributed by atoms with Gasteiger partial charge in [0.1, 0.15) is 23.5 Å².